The zero-order valence-electron chi connectivity index (χ0n) is 9.23. The molecule has 18 heavy (non-hydrogen) atoms. The van der Waals surface area contributed by atoms with Crippen LogP contribution in [0.1, 0.15) is 18.2 Å². The highest BCUT2D eigenvalue weighted by molar-refractivity contribution is 7.71. The van der Waals surface area contributed by atoms with Crippen molar-refractivity contribution in [2.24, 2.45) is 0 Å². The zero-order chi connectivity index (χ0) is 13.5. The molecular weight excluding hydrogens is 268 g/mol. The molecule has 0 saturated heterocycles. The summed E-state index contributed by atoms with van der Waals surface area (Å²) in [7, 11) is 0. The third-order valence-corrected chi connectivity index (χ3v) is 2.88. The topological polar surface area (TPSA) is 28.7 Å². The second kappa shape index (κ2) is 4.31. The van der Waals surface area contributed by atoms with E-state index in [1.807, 2.05) is 6.92 Å². The molecule has 7 heteroatoms. The van der Waals surface area contributed by atoms with Crippen LogP contribution in [0.5, 0.6) is 0 Å². The molecule has 1 N–H and O–H groups in total. The van der Waals surface area contributed by atoms with Crippen molar-refractivity contribution in [1.29, 1.82) is 0 Å². The minimum atomic E-state index is -4.65. The minimum Gasteiger partial charge on any atom is -0.336 e. The first kappa shape index (κ1) is 12.9. The van der Waals surface area contributed by atoms with Gasteiger partial charge in [-0.15, -0.1) is 0 Å². The number of aromatic amines is 1. The number of fused-ring (bicyclic) bond motifs is 1. The van der Waals surface area contributed by atoms with Crippen LogP contribution in [0.2, 0.25) is 0 Å². The van der Waals surface area contributed by atoms with Crippen LogP contribution < -0.4 is 0 Å². The Balaban J connectivity index is 2.76. The molecule has 0 aliphatic carbocycles. The van der Waals surface area contributed by atoms with Crippen LogP contribution in [0.15, 0.2) is 12.1 Å². The number of nitrogens with one attached hydrogen (secondary N) is 1. The summed E-state index contributed by atoms with van der Waals surface area (Å²) < 4.78 is 51.3. The van der Waals surface area contributed by atoms with Gasteiger partial charge in [0.05, 0.1) is 5.56 Å². The number of aromatic nitrogens is 2. The number of rotatable bonds is 1. The summed E-state index contributed by atoms with van der Waals surface area (Å²) in [6.07, 6.45) is -4.11. The summed E-state index contributed by atoms with van der Waals surface area (Å²) in [6.45, 7) is 1.81. The Morgan fingerprint density at radius 2 is 2.00 bits per heavy atom. The summed E-state index contributed by atoms with van der Waals surface area (Å²) in [5.74, 6) is -1.15. The molecule has 0 spiro atoms. The highest BCUT2D eigenvalue weighted by atomic mass is 32.1. The highest BCUT2D eigenvalue weighted by Crippen LogP contribution is 2.32. The first-order valence-electron chi connectivity index (χ1n) is 5.12. The average molecular weight is 276 g/mol. The Morgan fingerprint density at radius 1 is 1.33 bits per heavy atom. The second-order valence-electron chi connectivity index (χ2n) is 3.73. The van der Waals surface area contributed by atoms with E-state index >= 15 is 0 Å². The molecule has 0 unspecified atom stereocenters. The molecule has 2 aliphatic rings. The van der Waals surface area contributed by atoms with Gasteiger partial charge in [0.1, 0.15) is 22.0 Å². The maximum Gasteiger partial charge on any atom is 0.431 e. The number of hydrogen-bond donors (Lipinski definition) is 1. The standard InChI is InChI=1S/C11H8F4N2S/c1-2-5-3-6-7(12)4-8(11(13,14)15)16-9(6)17-10(5)18/h3-4H,2H2,1H3,(H,16,17,18). The monoisotopic (exact) mass is 276 g/mol. The van der Waals surface area contributed by atoms with E-state index in [0.717, 1.165) is 0 Å². The molecule has 2 nitrogen and oxygen atoms in total. The Hall–Kier alpha value is -1.50. The number of aryl methyl sites for hydroxylation is 1. The fraction of sp³-hybridized carbons (Fsp3) is 0.273. The molecule has 0 saturated carbocycles. The lowest BCUT2D eigenvalue weighted by Gasteiger charge is -2.13. The molecule has 0 amide bonds. The SMILES string of the molecule is CCc1cc2c(F)cc(C(F)(F)F)[nH]c-2nc1=S. The van der Waals surface area contributed by atoms with Gasteiger partial charge in [-0.2, -0.15) is 13.2 Å². The summed E-state index contributed by atoms with van der Waals surface area (Å²) >= 11 is 4.92. The van der Waals surface area contributed by atoms with Gasteiger partial charge in [-0.05, 0) is 18.1 Å². The minimum absolute atomic E-state index is 0.00782. The van der Waals surface area contributed by atoms with Gasteiger partial charge in [-0.1, -0.05) is 19.1 Å². The number of alkyl halides is 3. The summed E-state index contributed by atoms with van der Waals surface area (Å²) in [5.41, 5.74) is -0.545. The molecule has 0 bridgehead atoms. The average Bonchev–Trinajstić information content (AvgIpc) is 2.26. The van der Waals surface area contributed by atoms with E-state index in [9.17, 15) is 17.6 Å². The van der Waals surface area contributed by atoms with Crippen LogP contribution in [0.3, 0.4) is 0 Å². The van der Waals surface area contributed by atoms with Gasteiger partial charge in [0.15, 0.2) is 0 Å². The van der Waals surface area contributed by atoms with Crippen molar-refractivity contribution >= 4 is 12.2 Å². The Labute approximate surface area is 105 Å². The Kier molecular flexibility index (Phi) is 3.10. The van der Waals surface area contributed by atoms with E-state index < -0.39 is 17.7 Å². The molecule has 0 fully saturated rings. The molecule has 0 aromatic rings. The lowest BCUT2D eigenvalue weighted by atomic mass is 10.1. The summed E-state index contributed by atoms with van der Waals surface area (Å²) in [4.78, 5) is 5.86. The molecule has 2 heterocycles. The van der Waals surface area contributed by atoms with Gasteiger partial charge in [0, 0.05) is 6.07 Å². The predicted molar refractivity (Wildman–Crippen MR) is 60.4 cm³/mol. The van der Waals surface area contributed by atoms with Crippen LogP contribution in [0, 0.1) is 10.5 Å². The van der Waals surface area contributed by atoms with Crippen LogP contribution in [-0.4, -0.2) is 9.97 Å². The van der Waals surface area contributed by atoms with E-state index in [1.54, 1.807) is 0 Å². The third-order valence-electron chi connectivity index (χ3n) is 2.53. The molecule has 2 aliphatic heterocycles. The summed E-state index contributed by atoms with van der Waals surface area (Å²) in [6, 6.07) is 1.85. The molecule has 0 aromatic carbocycles. The number of hydrogen-bond acceptors (Lipinski definition) is 2. The van der Waals surface area contributed by atoms with E-state index in [0.29, 0.717) is 18.1 Å². The Bertz CT molecular complexity index is 618. The van der Waals surface area contributed by atoms with Gasteiger partial charge in [0.2, 0.25) is 0 Å². The number of nitrogens with zero attached hydrogens (tertiary/aromatic N) is 1. The molecule has 0 atom stereocenters. The van der Waals surface area contributed by atoms with Crippen molar-refractivity contribution in [2.75, 3.05) is 0 Å². The predicted octanol–water partition coefficient (Wildman–Crippen LogP) is 3.96. The van der Waals surface area contributed by atoms with Gasteiger partial charge in [0.25, 0.3) is 0 Å². The van der Waals surface area contributed by atoms with E-state index in [2.05, 4.69) is 9.97 Å². The van der Waals surface area contributed by atoms with Crippen LogP contribution in [0.25, 0.3) is 11.4 Å². The van der Waals surface area contributed by atoms with Gasteiger partial charge < -0.3 is 4.98 Å². The van der Waals surface area contributed by atoms with Crippen LogP contribution in [-0.2, 0) is 12.6 Å². The van der Waals surface area contributed by atoms with Crippen molar-refractivity contribution in [1.82, 2.24) is 9.97 Å². The van der Waals surface area contributed by atoms with Crippen LogP contribution >= 0.6 is 12.2 Å². The van der Waals surface area contributed by atoms with Crippen molar-refractivity contribution in [3.05, 3.63) is 33.8 Å². The maximum absolute atomic E-state index is 13.6. The number of H-pyrrole nitrogens is 1. The van der Waals surface area contributed by atoms with E-state index in [4.69, 9.17) is 12.2 Å². The first-order valence-corrected chi connectivity index (χ1v) is 5.53. The molecule has 0 aromatic heterocycles. The highest BCUT2D eigenvalue weighted by Gasteiger charge is 2.33. The zero-order valence-corrected chi connectivity index (χ0v) is 10.0. The molecule has 2 rings (SSSR count). The van der Waals surface area contributed by atoms with Crippen molar-refractivity contribution in [3.63, 3.8) is 0 Å². The maximum atomic E-state index is 13.6. The van der Waals surface area contributed by atoms with Gasteiger partial charge in [-0.3, -0.25) is 0 Å². The molecular formula is C11H8F4N2S. The fourth-order valence-corrected chi connectivity index (χ4v) is 1.88. The van der Waals surface area contributed by atoms with E-state index in [-0.39, 0.29) is 16.0 Å². The van der Waals surface area contributed by atoms with Crippen LogP contribution in [0.4, 0.5) is 17.6 Å². The quantitative estimate of drug-likeness (QED) is 0.630. The molecule has 96 valence electrons. The van der Waals surface area contributed by atoms with Crippen molar-refractivity contribution < 1.29 is 17.6 Å². The summed E-state index contributed by atoms with van der Waals surface area (Å²) in [5, 5.41) is 0. The lowest BCUT2D eigenvalue weighted by molar-refractivity contribution is -0.141. The first-order chi connectivity index (χ1) is 8.32. The van der Waals surface area contributed by atoms with Gasteiger partial charge >= 0.3 is 6.18 Å². The number of halogens is 4. The Morgan fingerprint density at radius 3 is 2.56 bits per heavy atom. The fourth-order valence-electron chi connectivity index (χ4n) is 1.59. The van der Waals surface area contributed by atoms with Crippen molar-refractivity contribution in [3.8, 4) is 11.4 Å². The van der Waals surface area contributed by atoms with Gasteiger partial charge in [-0.25, -0.2) is 9.37 Å². The van der Waals surface area contributed by atoms with E-state index in [1.165, 1.54) is 6.07 Å². The van der Waals surface area contributed by atoms with Crippen molar-refractivity contribution in [2.45, 2.75) is 19.5 Å². The molecule has 0 radical (unpaired) electrons. The smallest absolute Gasteiger partial charge is 0.336 e. The third kappa shape index (κ3) is 2.22. The normalized spacial score (nSPS) is 12.1. The lowest BCUT2D eigenvalue weighted by Crippen LogP contribution is -2.11. The number of pyridine rings is 2. The largest absolute Gasteiger partial charge is 0.431 e. The second-order valence-corrected chi connectivity index (χ2v) is 4.12.